The third kappa shape index (κ3) is 3.12. The lowest BCUT2D eigenvalue weighted by Crippen LogP contribution is -2.43. The lowest BCUT2D eigenvalue weighted by Gasteiger charge is -2.35. The number of ether oxygens (including phenoxy) is 1. The minimum absolute atomic E-state index is 0.0711. The van der Waals surface area contributed by atoms with Crippen LogP contribution in [0.25, 0.3) is 10.9 Å². The van der Waals surface area contributed by atoms with Crippen LogP contribution in [0.1, 0.15) is 34.5 Å². The van der Waals surface area contributed by atoms with Gasteiger partial charge in [0.2, 0.25) is 0 Å². The van der Waals surface area contributed by atoms with Crippen LogP contribution in [0, 0.1) is 19.3 Å². The number of hydrogen-bond donors (Lipinski definition) is 3. The van der Waals surface area contributed by atoms with Crippen LogP contribution in [0.2, 0.25) is 0 Å². The number of aromatic nitrogens is 1. The Kier molecular flexibility index (Phi) is 4.41. The van der Waals surface area contributed by atoms with Crippen LogP contribution in [0.15, 0.2) is 18.2 Å². The highest BCUT2D eigenvalue weighted by Crippen LogP contribution is 2.29. The minimum atomic E-state index is -0.258. The van der Waals surface area contributed by atoms with E-state index in [9.17, 15) is 9.90 Å². The van der Waals surface area contributed by atoms with E-state index in [2.05, 4.69) is 30.2 Å². The Bertz CT molecular complexity index is 714. The molecule has 23 heavy (non-hydrogen) atoms. The Morgan fingerprint density at radius 2 is 2.09 bits per heavy atom. The van der Waals surface area contributed by atoms with Crippen molar-refractivity contribution < 1.29 is 14.6 Å². The average Bonchev–Trinajstić information content (AvgIpc) is 3.02. The van der Waals surface area contributed by atoms with Gasteiger partial charge in [0.15, 0.2) is 0 Å². The number of aliphatic hydroxyl groups is 1. The molecule has 0 spiro atoms. The maximum atomic E-state index is 12.5. The van der Waals surface area contributed by atoms with E-state index < -0.39 is 0 Å². The van der Waals surface area contributed by atoms with Gasteiger partial charge in [0.1, 0.15) is 5.69 Å². The van der Waals surface area contributed by atoms with Crippen molar-refractivity contribution >= 4 is 16.8 Å². The maximum absolute atomic E-state index is 12.5. The summed E-state index contributed by atoms with van der Waals surface area (Å²) in [6, 6.07) is 5.96. The van der Waals surface area contributed by atoms with Gasteiger partial charge in [0.25, 0.3) is 5.91 Å². The molecule has 3 rings (SSSR count). The molecule has 0 unspecified atom stereocenters. The number of benzene rings is 1. The molecule has 1 aliphatic rings. The van der Waals surface area contributed by atoms with Gasteiger partial charge < -0.3 is 20.1 Å². The number of H-pyrrole nitrogens is 1. The normalized spacial score (nSPS) is 17.3. The number of rotatable bonds is 4. The van der Waals surface area contributed by atoms with Gasteiger partial charge in [-0.05, 0) is 49.9 Å². The van der Waals surface area contributed by atoms with Crippen LogP contribution in [-0.4, -0.2) is 42.4 Å². The Morgan fingerprint density at radius 1 is 1.35 bits per heavy atom. The SMILES string of the molecule is Cc1ccc2[nH]c(C(=O)NCC3(CO)CCOCC3)cc2c1C. The second-order valence-electron chi connectivity index (χ2n) is 6.60. The van der Waals surface area contributed by atoms with E-state index in [0.717, 1.165) is 23.7 Å². The van der Waals surface area contributed by atoms with Gasteiger partial charge >= 0.3 is 0 Å². The molecule has 0 saturated carbocycles. The molecule has 1 aromatic heterocycles. The third-order valence-electron chi connectivity index (χ3n) is 5.10. The molecule has 2 heterocycles. The third-order valence-corrected chi connectivity index (χ3v) is 5.10. The summed E-state index contributed by atoms with van der Waals surface area (Å²) in [5.74, 6) is -0.127. The lowest BCUT2D eigenvalue weighted by molar-refractivity contribution is -0.0146. The first kappa shape index (κ1) is 16.0. The molecule has 1 aromatic carbocycles. The first-order valence-electron chi connectivity index (χ1n) is 8.10. The van der Waals surface area contributed by atoms with Crippen molar-refractivity contribution in [2.24, 2.45) is 5.41 Å². The fourth-order valence-electron chi connectivity index (χ4n) is 3.14. The smallest absolute Gasteiger partial charge is 0.267 e. The van der Waals surface area contributed by atoms with E-state index in [1.165, 1.54) is 11.1 Å². The van der Waals surface area contributed by atoms with E-state index in [0.29, 0.717) is 25.5 Å². The summed E-state index contributed by atoms with van der Waals surface area (Å²) in [5, 5.41) is 13.7. The summed E-state index contributed by atoms with van der Waals surface area (Å²) >= 11 is 0. The maximum Gasteiger partial charge on any atom is 0.267 e. The number of hydrogen-bond acceptors (Lipinski definition) is 3. The molecule has 0 aliphatic carbocycles. The summed E-state index contributed by atoms with van der Waals surface area (Å²) in [6.45, 7) is 5.96. The van der Waals surface area contributed by atoms with Crippen LogP contribution in [0.5, 0.6) is 0 Å². The van der Waals surface area contributed by atoms with Crippen LogP contribution in [0.4, 0.5) is 0 Å². The zero-order valence-corrected chi connectivity index (χ0v) is 13.7. The zero-order valence-electron chi connectivity index (χ0n) is 13.7. The second kappa shape index (κ2) is 6.34. The molecule has 0 radical (unpaired) electrons. The number of amides is 1. The highest BCUT2D eigenvalue weighted by Gasteiger charge is 2.32. The topological polar surface area (TPSA) is 74.4 Å². The van der Waals surface area contributed by atoms with Gasteiger partial charge in [-0.25, -0.2) is 0 Å². The second-order valence-corrected chi connectivity index (χ2v) is 6.60. The summed E-state index contributed by atoms with van der Waals surface area (Å²) in [4.78, 5) is 15.6. The zero-order chi connectivity index (χ0) is 16.4. The van der Waals surface area contributed by atoms with Crippen molar-refractivity contribution in [2.75, 3.05) is 26.4 Å². The van der Waals surface area contributed by atoms with Gasteiger partial charge in [0.05, 0.1) is 6.61 Å². The quantitative estimate of drug-likeness (QED) is 0.810. The Morgan fingerprint density at radius 3 is 2.78 bits per heavy atom. The monoisotopic (exact) mass is 316 g/mol. The molecule has 1 saturated heterocycles. The molecular weight excluding hydrogens is 292 g/mol. The molecule has 3 N–H and O–H groups in total. The summed E-state index contributed by atoms with van der Waals surface area (Å²) in [5.41, 5.74) is 3.68. The highest BCUT2D eigenvalue weighted by atomic mass is 16.5. The molecule has 5 nitrogen and oxygen atoms in total. The average molecular weight is 316 g/mol. The number of aromatic amines is 1. The number of carbonyl (C=O) groups is 1. The van der Waals surface area contributed by atoms with Crippen molar-refractivity contribution in [1.29, 1.82) is 0 Å². The fourth-order valence-corrected chi connectivity index (χ4v) is 3.14. The van der Waals surface area contributed by atoms with E-state index >= 15 is 0 Å². The Balaban J connectivity index is 1.74. The molecule has 0 bridgehead atoms. The molecule has 2 aromatic rings. The van der Waals surface area contributed by atoms with Crippen molar-refractivity contribution in [3.05, 3.63) is 35.0 Å². The predicted molar refractivity (Wildman–Crippen MR) is 89.7 cm³/mol. The van der Waals surface area contributed by atoms with Crippen LogP contribution >= 0.6 is 0 Å². The van der Waals surface area contributed by atoms with Crippen LogP contribution in [-0.2, 0) is 4.74 Å². The molecule has 5 heteroatoms. The van der Waals surface area contributed by atoms with Crippen LogP contribution in [0.3, 0.4) is 0 Å². The van der Waals surface area contributed by atoms with E-state index in [4.69, 9.17) is 4.74 Å². The Labute approximate surface area is 136 Å². The molecule has 1 fully saturated rings. The standard InChI is InChI=1S/C18H24N2O3/c1-12-3-4-15-14(13(12)2)9-16(20-15)17(22)19-10-18(11-21)5-7-23-8-6-18/h3-4,9,20-21H,5-8,10-11H2,1-2H3,(H,19,22). The van der Waals surface area contributed by atoms with Crippen molar-refractivity contribution in [1.82, 2.24) is 10.3 Å². The van der Waals surface area contributed by atoms with Crippen molar-refractivity contribution in [3.63, 3.8) is 0 Å². The molecule has 1 aliphatic heterocycles. The number of fused-ring (bicyclic) bond motifs is 1. The number of carbonyl (C=O) groups excluding carboxylic acids is 1. The number of aryl methyl sites for hydroxylation is 2. The predicted octanol–water partition coefficient (Wildman–Crippen LogP) is 2.30. The van der Waals surface area contributed by atoms with Gasteiger partial charge in [-0.15, -0.1) is 0 Å². The summed E-state index contributed by atoms with van der Waals surface area (Å²) in [7, 11) is 0. The van der Waals surface area contributed by atoms with Gasteiger partial charge in [-0.2, -0.15) is 0 Å². The number of aliphatic hydroxyl groups excluding tert-OH is 1. The fraction of sp³-hybridized carbons (Fsp3) is 0.500. The van der Waals surface area contributed by atoms with Crippen molar-refractivity contribution in [2.45, 2.75) is 26.7 Å². The summed E-state index contributed by atoms with van der Waals surface area (Å²) in [6.07, 6.45) is 1.55. The Hall–Kier alpha value is -1.85. The van der Waals surface area contributed by atoms with Crippen molar-refractivity contribution in [3.8, 4) is 0 Å². The van der Waals surface area contributed by atoms with E-state index in [1.807, 2.05) is 12.1 Å². The summed E-state index contributed by atoms with van der Waals surface area (Å²) < 4.78 is 5.35. The van der Waals surface area contributed by atoms with E-state index in [-0.39, 0.29) is 17.9 Å². The van der Waals surface area contributed by atoms with Gasteiger partial charge in [0, 0.05) is 36.1 Å². The van der Waals surface area contributed by atoms with Gasteiger partial charge in [-0.3, -0.25) is 4.79 Å². The molecular formula is C18H24N2O3. The first-order chi connectivity index (χ1) is 11.0. The van der Waals surface area contributed by atoms with Gasteiger partial charge in [-0.1, -0.05) is 6.07 Å². The first-order valence-corrected chi connectivity index (χ1v) is 8.10. The molecule has 1 amide bonds. The van der Waals surface area contributed by atoms with E-state index in [1.54, 1.807) is 0 Å². The van der Waals surface area contributed by atoms with Crippen LogP contribution < -0.4 is 5.32 Å². The minimum Gasteiger partial charge on any atom is -0.396 e. The number of nitrogens with one attached hydrogen (secondary N) is 2. The largest absolute Gasteiger partial charge is 0.396 e. The highest BCUT2D eigenvalue weighted by molar-refractivity contribution is 5.99. The lowest BCUT2D eigenvalue weighted by atomic mass is 9.81. The molecule has 0 atom stereocenters. The molecule has 124 valence electrons.